The van der Waals surface area contributed by atoms with Crippen molar-refractivity contribution in [2.75, 3.05) is 37.6 Å². The zero-order valence-corrected chi connectivity index (χ0v) is 17.1. The van der Waals surface area contributed by atoms with E-state index in [2.05, 4.69) is 56.9 Å². The number of amides is 2. The number of nitrogens with zero attached hydrogens (tertiary/aromatic N) is 3. The molecule has 5 nitrogen and oxygen atoms in total. The molecule has 1 aromatic rings. The van der Waals surface area contributed by atoms with E-state index in [1.54, 1.807) is 0 Å². The Morgan fingerprint density at radius 3 is 2.67 bits per heavy atom. The smallest absolute Gasteiger partial charge is 0.228 e. The van der Waals surface area contributed by atoms with Crippen molar-refractivity contribution in [2.45, 2.75) is 46.6 Å². The molecule has 1 aromatic carbocycles. The van der Waals surface area contributed by atoms with Gasteiger partial charge >= 0.3 is 0 Å². The van der Waals surface area contributed by atoms with Crippen molar-refractivity contribution in [1.82, 2.24) is 9.80 Å². The second-order valence-corrected chi connectivity index (χ2v) is 8.59. The lowest BCUT2D eigenvalue weighted by molar-refractivity contribution is -0.136. The maximum absolute atomic E-state index is 13.0. The molecule has 148 valence electrons. The molecule has 0 aromatic heterocycles. The molecule has 0 N–H and O–H groups in total. The molecule has 2 aliphatic heterocycles. The third-order valence-electron chi connectivity index (χ3n) is 5.81. The number of rotatable bonds is 5. The molecule has 2 fully saturated rings. The number of carbonyl (C=O) groups excluding carboxylic acids is 2. The Labute approximate surface area is 163 Å². The second kappa shape index (κ2) is 8.32. The van der Waals surface area contributed by atoms with E-state index < -0.39 is 0 Å². The van der Waals surface area contributed by atoms with Crippen LogP contribution >= 0.6 is 0 Å². The lowest BCUT2D eigenvalue weighted by Crippen LogP contribution is -2.55. The van der Waals surface area contributed by atoms with Gasteiger partial charge in [0.1, 0.15) is 0 Å². The predicted molar refractivity (Wildman–Crippen MR) is 109 cm³/mol. The molecule has 27 heavy (non-hydrogen) atoms. The predicted octanol–water partition coefficient (Wildman–Crippen LogP) is 2.93. The monoisotopic (exact) mass is 371 g/mol. The van der Waals surface area contributed by atoms with Gasteiger partial charge in [0.05, 0.1) is 5.92 Å². The summed E-state index contributed by atoms with van der Waals surface area (Å²) in [6.45, 7) is 12.3. The Hall–Kier alpha value is -2.04. The average molecular weight is 372 g/mol. The summed E-state index contributed by atoms with van der Waals surface area (Å²) in [4.78, 5) is 31.5. The molecule has 2 atom stereocenters. The molecule has 3 rings (SSSR count). The quantitative estimate of drug-likeness (QED) is 0.799. The van der Waals surface area contributed by atoms with Crippen LogP contribution in [0.15, 0.2) is 24.3 Å². The van der Waals surface area contributed by atoms with Gasteiger partial charge in [-0.2, -0.15) is 0 Å². The van der Waals surface area contributed by atoms with Crippen LogP contribution in [0.5, 0.6) is 0 Å². The Balaban J connectivity index is 1.57. The summed E-state index contributed by atoms with van der Waals surface area (Å²) < 4.78 is 0. The topological polar surface area (TPSA) is 43.9 Å². The van der Waals surface area contributed by atoms with Crippen LogP contribution in [-0.2, 0) is 9.59 Å². The zero-order chi connectivity index (χ0) is 19.6. The van der Waals surface area contributed by atoms with Crippen molar-refractivity contribution < 1.29 is 9.59 Å². The minimum absolute atomic E-state index is 0.139. The second-order valence-electron chi connectivity index (χ2n) is 8.59. The van der Waals surface area contributed by atoms with E-state index in [4.69, 9.17) is 0 Å². The number of benzene rings is 1. The van der Waals surface area contributed by atoms with E-state index in [0.717, 1.165) is 32.6 Å². The molecule has 0 saturated carbocycles. The fourth-order valence-corrected chi connectivity index (χ4v) is 4.17. The highest BCUT2D eigenvalue weighted by atomic mass is 16.2. The van der Waals surface area contributed by atoms with Crippen LogP contribution in [0.1, 0.15) is 39.2 Å². The number of aryl methyl sites for hydroxylation is 1. The minimum atomic E-state index is -0.164. The average Bonchev–Trinajstić information content (AvgIpc) is 3.00. The zero-order valence-electron chi connectivity index (χ0n) is 17.1. The fraction of sp³-hybridized carbons (Fsp3) is 0.636. The molecule has 0 spiro atoms. The summed E-state index contributed by atoms with van der Waals surface area (Å²) in [5.74, 6) is 0.706. The molecular weight excluding hydrogens is 338 g/mol. The van der Waals surface area contributed by atoms with E-state index in [0.29, 0.717) is 18.9 Å². The van der Waals surface area contributed by atoms with E-state index in [1.165, 1.54) is 11.3 Å². The number of anilines is 1. The van der Waals surface area contributed by atoms with Gasteiger partial charge in [-0.05, 0) is 43.9 Å². The number of piperazine rings is 1. The number of hydrogen-bond acceptors (Lipinski definition) is 3. The molecule has 2 heterocycles. The molecule has 2 saturated heterocycles. The van der Waals surface area contributed by atoms with Crippen LogP contribution < -0.4 is 4.90 Å². The molecule has 2 amide bonds. The molecule has 2 aliphatic rings. The fourth-order valence-electron chi connectivity index (χ4n) is 4.17. The minimum Gasteiger partial charge on any atom is -0.365 e. The third-order valence-corrected chi connectivity index (χ3v) is 5.81. The van der Waals surface area contributed by atoms with Crippen LogP contribution in [0.2, 0.25) is 0 Å². The van der Waals surface area contributed by atoms with Crippen molar-refractivity contribution in [1.29, 1.82) is 0 Å². The van der Waals surface area contributed by atoms with Gasteiger partial charge in [0, 0.05) is 50.9 Å². The maximum atomic E-state index is 13.0. The van der Waals surface area contributed by atoms with Gasteiger partial charge in [-0.1, -0.05) is 26.0 Å². The van der Waals surface area contributed by atoms with Gasteiger partial charge in [0.15, 0.2) is 0 Å². The molecule has 0 unspecified atom stereocenters. The normalized spacial score (nSPS) is 23.4. The van der Waals surface area contributed by atoms with Gasteiger partial charge < -0.3 is 14.7 Å². The number of hydrogen-bond donors (Lipinski definition) is 0. The molecule has 0 radical (unpaired) electrons. The van der Waals surface area contributed by atoms with Gasteiger partial charge in [-0.3, -0.25) is 9.59 Å². The summed E-state index contributed by atoms with van der Waals surface area (Å²) in [6.07, 6.45) is 1.38. The van der Waals surface area contributed by atoms with E-state index >= 15 is 0 Å². The van der Waals surface area contributed by atoms with Gasteiger partial charge in [0.25, 0.3) is 0 Å². The Morgan fingerprint density at radius 2 is 2.00 bits per heavy atom. The maximum Gasteiger partial charge on any atom is 0.228 e. The van der Waals surface area contributed by atoms with Crippen LogP contribution in [0.3, 0.4) is 0 Å². The highest BCUT2D eigenvalue weighted by Gasteiger charge is 2.38. The molecule has 0 bridgehead atoms. The Kier molecular flexibility index (Phi) is 6.08. The SMILES string of the molecule is Cc1cccc(N2CCN(C(=O)[C@@H]3CC(=O)N(CCC(C)C)C3)C[C@@H]2C)c1. The molecule has 5 heteroatoms. The number of carbonyl (C=O) groups is 2. The van der Waals surface area contributed by atoms with E-state index in [-0.39, 0.29) is 23.8 Å². The van der Waals surface area contributed by atoms with Crippen molar-refractivity contribution in [3.05, 3.63) is 29.8 Å². The van der Waals surface area contributed by atoms with Crippen LogP contribution in [0.4, 0.5) is 5.69 Å². The van der Waals surface area contributed by atoms with Crippen LogP contribution in [-0.4, -0.2) is 60.4 Å². The first-order valence-corrected chi connectivity index (χ1v) is 10.2. The molecular formula is C22H33N3O2. The lowest BCUT2D eigenvalue weighted by atomic mass is 10.0. The van der Waals surface area contributed by atoms with Crippen molar-refractivity contribution in [3.63, 3.8) is 0 Å². The first-order chi connectivity index (χ1) is 12.8. The highest BCUT2D eigenvalue weighted by molar-refractivity contribution is 5.89. The summed E-state index contributed by atoms with van der Waals surface area (Å²) in [7, 11) is 0. The third kappa shape index (κ3) is 4.63. The van der Waals surface area contributed by atoms with Crippen LogP contribution in [0.25, 0.3) is 0 Å². The lowest BCUT2D eigenvalue weighted by Gasteiger charge is -2.42. The Bertz CT molecular complexity index is 688. The first kappa shape index (κ1) is 19.7. The summed E-state index contributed by atoms with van der Waals surface area (Å²) >= 11 is 0. The highest BCUT2D eigenvalue weighted by Crippen LogP contribution is 2.25. The van der Waals surface area contributed by atoms with E-state index in [9.17, 15) is 9.59 Å². The summed E-state index contributed by atoms with van der Waals surface area (Å²) in [5.41, 5.74) is 2.48. The largest absolute Gasteiger partial charge is 0.365 e. The van der Waals surface area contributed by atoms with E-state index in [1.807, 2.05) is 9.80 Å². The number of likely N-dealkylation sites (tertiary alicyclic amines) is 1. The Morgan fingerprint density at radius 1 is 1.22 bits per heavy atom. The first-order valence-electron chi connectivity index (χ1n) is 10.2. The van der Waals surface area contributed by atoms with Crippen molar-refractivity contribution in [3.8, 4) is 0 Å². The van der Waals surface area contributed by atoms with Gasteiger partial charge in [0.2, 0.25) is 11.8 Å². The molecule has 0 aliphatic carbocycles. The van der Waals surface area contributed by atoms with Crippen LogP contribution in [0, 0.1) is 18.8 Å². The summed E-state index contributed by atoms with van der Waals surface area (Å²) in [5, 5.41) is 0. The van der Waals surface area contributed by atoms with Gasteiger partial charge in [-0.15, -0.1) is 0 Å². The van der Waals surface area contributed by atoms with Crippen molar-refractivity contribution >= 4 is 17.5 Å². The summed E-state index contributed by atoms with van der Waals surface area (Å²) in [6, 6.07) is 8.82. The van der Waals surface area contributed by atoms with Crippen molar-refractivity contribution in [2.24, 2.45) is 11.8 Å². The standard InChI is InChI=1S/C22H33N3O2/c1-16(2)8-9-23-15-19(13-21(23)26)22(27)24-10-11-25(18(4)14-24)20-7-5-6-17(3)12-20/h5-7,12,16,18-19H,8-11,13-15H2,1-4H3/t18-,19+/m0/s1. The van der Waals surface area contributed by atoms with Gasteiger partial charge in [-0.25, -0.2) is 0 Å².